The lowest BCUT2D eigenvalue weighted by atomic mass is 10.0. The number of hydrogen-bond acceptors (Lipinski definition) is 3. The molecule has 1 fully saturated rings. The Balaban J connectivity index is 2.28. The Kier molecular flexibility index (Phi) is 6.12. The van der Waals surface area contributed by atoms with Gasteiger partial charge in [-0.2, -0.15) is 0 Å². The van der Waals surface area contributed by atoms with E-state index >= 15 is 0 Å². The van der Waals surface area contributed by atoms with Gasteiger partial charge in [-0.05, 0) is 25.9 Å². The van der Waals surface area contributed by atoms with E-state index in [4.69, 9.17) is 10.2 Å². The Bertz CT molecular complexity index is 287. The molecule has 0 aromatic carbocycles. The monoisotopic (exact) mass is 257 g/mol. The zero-order valence-corrected chi connectivity index (χ0v) is 11.0. The number of hydrogen-bond donors (Lipinski definition) is 2. The molecule has 104 valence electrons. The van der Waals surface area contributed by atoms with E-state index in [1.165, 1.54) is 25.7 Å². The minimum Gasteiger partial charge on any atom is -0.481 e. The summed E-state index contributed by atoms with van der Waals surface area (Å²) in [5.41, 5.74) is 0. The minimum atomic E-state index is -1.05. The van der Waals surface area contributed by atoms with Gasteiger partial charge in [-0.25, -0.2) is 0 Å². The fraction of sp³-hybridized carbons (Fsp3) is 0.846. The lowest BCUT2D eigenvalue weighted by Crippen LogP contribution is -2.33. The van der Waals surface area contributed by atoms with Crippen molar-refractivity contribution in [3.05, 3.63) is 0 Å². The summed E-state index contributed by atoms with van der Waals surface area (Å²) in [4.78, 5) is 23.5. The fourth-order valence-electron chi connectivity index (χ4n) is 2.61. The van der Waals surface area contributed by atoms with Crippen LogP contribution in [0.4, 0.5) is 0 Å². The van der Waals surface area contributed by atoms with Crippen molar-refractivity contribution in [2.75, 3.05) is 20.1 Å². The van der Waals surface area contributed by atoms with Crippen LogP contribution in [0.5, 0.6) is 0 Å². The van der Waals surface area contributed by atoms with Crippen molar-refractivity contribution < 1.29 is 19.8 Å². The molecule has 0 saturated heterocycles. The lowest BCUT2D eigenvalue weighted by molar-refractivity contribution is -0.148. The van der Waals surface area contributed by atoms with Crippen LogP contribution in [-0.4, -0.2) is 47.2 Å². The Labute approximate surface area is 108 Å². The summed E-state index contributed by atoms with van der Waals surface area (Å²) < 4.78 is 0. The predicted molar refractivity (Wildman–Crippen MR) is 67.5 cm³/mol. The van der Waals surface area contributed by atoms with Crippen LogP contribution in [-0.2, 0) is 9.59 Å². The molecule has 0 aliphatic heterocycles. The van der Waals surface area contributed by atoms with E-state index in [0.717, 1.165) is 18.9 Å². The zero-order valence-electron chi connectivity index (χ0n) is 11.0. The molecule has 5 heteroatoms. The zero-order chi connectivity index (χ0) is 13.5. The molecule has 1 aliphatic rings. The number of carbonyl (C=O) groups is 2. The molecule has 1 rings (SSSR count). The predicted octanol–water partition coefficient (Wildman–Crippen LogP) is 1.67. The number of carboxylic acid groups (broad SMARTS) is 2. The van der Waals surface area contributed by atoms with Gasteiger partial charge in [0.25, 0.3) is 0 Å². The smallest absolute Gasteiger partial charge is 0.308 e. The molecular formula is C13H23NO4. The van der Waals surface area contributed by atoms with Crippen molar-refractivity contribution in [1.82, 2.24) is 4.90 Å². The normalized spacial score (nSPS) is 18.1. The highest BCUT2D eigenvalue weighted by atomic mass is 16.4. The van der Waals surface area contributed by atoms with Crippen LogP contribution < -0.4 is 0 Å². The van der Waals surface area contributed by atoms with Crippen molar-refractivity contribution >= 4 is 11.9 Å². The van der Waals surface area contributed by atoms with Gasteiger partial charge < -0.3 is 15.1 Å². The third-order valence-electron chi connectivity index (χ3n) is 3.70. The SMILES string of the molecule is CN(CCC1CCCC1)CC(CC(=O)O)C(=O)O. The molecule has 0 amide bonds. The molecule has 0 bridgehead atoms. The van der Waals surface area contributed by atoms with Crippen molar-refractivity contribution in [1.29, 1.82) is 0 Å². The molecule has 0 aromatic heterocycles. The second-order valence-electron chi connectivity index (χ2n) is 5.33. The van der Waals surface area contributed by atoms with Crippen LogP contribution in [0.1, 0.15) is 38.5 Å². The highest BCUT2D eigenvalue weighted by Gasteiger charge is 2.23. The van der Waals surface area contributed by atoms with Gasteiger partial charge >= 0.3 is 11.9 Å². The van der Waals surface area contributed by atoms with Crippen molar-refractivity contribution in [3.8, 4) is 0 Å². The molecule has 1 unspecified atom stereocenters. The maximum Gasteiger partial charge on any atom is 0.308 e. The molecule has 0 spiro atoms. The van der Waals surface area contributed by atoms with Gasteiger partial charge in [0, 0.05) is 6.54 Å². The van der Waals surface area contributed by atoms with Crippen LogP contribution in [0.15, 0.2) is 0 Å². The maximum atomic E-state index is 10.9. The van der Waals surface area contributed by atoms with Gasteiger partial charge in [-0.15, -0.1) is 0 Å². The molecule has 18 heavy (non-hydrogen) atoms. The molecule has 1 atom stereocenters. The van der Waals surface area contributed by atoms with Crippen molar-refractivity contribution in [2.24, 2.45) is 11.8 Å². The maximum absolute atomic E-state index is 10.9. The second kappa shape index (κ2) is 7.36. The van der Waals surface area contributed by atoms with Crippen LogP contribution in [0.3, 0.4) is 0 Å². The van der Waals surface area contributed by atoms with Crippen LogP contribution in [0.25, 0.3) is 0 Å². The van der Waals surface area contributed by atoms with E-state index in [-0.39, 0.29) is 6.42 Å². The van der Waals surface area contributed by atoms with Gasteiger partial charge in [0.05, 0.1) is 12.3 Å². The summed E-state index contributed by atoms with van der Waals surface area (Å²) in [6.07, 6.45) is 5.98. The van der Waals surface area contributed by atoms with Gasteiger partial charge in [0.15, 0.2) is 0 Å². The quantitative estimate of drug-likeness (QED) is 0.691. The molecule has 1 saturated carbocycles. The molecule has 1 aliphatic carbocycles. The molecule has 0 aromatic rings. The molecule has 0 heterocycles. The first-order chi connectivity index (χ1) is 8.49. The van der Waals surface area contributed by atoms with Crippen molar-refractivity contribution in [2.45, 2.75) is 38.5 Å². The Morgan fingerprint density at radius 1 is 1.28 bits per heavy atom. The topological polar surface area (TPSA) is 77.8 Å². The minimum absolute atomic E-state index is 0.302. The molecule has 0 radical (unpaired) electrons. The van der Waals surface area contributed by atoms with E-state index in [2.05, 4.69) is 0 Å². The van der Waals surface area contributed by atoms with Crippen LogP contribution >= 0.6 is 0 Å². The molecule has 5 nitrogen and oxygen atoms in total. The molecular weight excluding hydrogens is 234 g/mol. The van der Waals surface area contributed by atoms with Gasteiger partial charge in [0.1, 0.15) is 0 Å². The highest BCUT2D eigenvalue weighted by Crippen LogP contribution is 2.27. The average Bonchev–Trinajstić information content (AvgIpc) is 2.77. The second-order valence-corrected chi connectivity index (χ2v) is 5.33. The number of carboxylic acids is 2. The Morgan fingerprint density at radius 3 is 2.39 bits per heavy atom. The summed E-state index contributed by atoms with van der Waals surface area (Å²) in [6.45, 7) is 1.17. The summed E-state index contributed by atoms with van der Waals surface area (Å²) in [7, 11) is 1.87. The Morgan fingerprint density at radius 2 is 1.89 bits per heavy atom. The van der Waals surface area contributed by atoms with E-state index in [9.17, 15) is 9.59 Å². The van der Waals surface area contributed by atoms with Crippen LogP contribution in [0.2, 0.25) is 0 Å². The number of rotatable bonds is 8. The Hall–Kier alpha value is -1.10. The van der Waals surface area contributed by atoms with Gasteiger partial charge in [-0.3, -0.25) is 9.59 Å². The summed E-state index contributed by atoms with van der Waals surface area (Å²) in [5.74, 6) is -2.11. The third-order valence-corrected chi connectivity index (χ3v) is 3.70. The molecule has 2 N–H and O–H groups in total. The average molecular weight is 257 g/mol. The van der Waals surface area contributed by atoms with Gasteiger partial charge in [0.2, 0.25) is 0 Å². The summed E-state index contributed by atoms with van der Waals surface area (Å²) >= 11 is 0. The summed E-state index contributed by atoms with van der Waals surface area (Å²) in [6, 6.07) is 0. The third kappa shape index (κ3) is 5.49. The van der Waals surface area contributed by atoms with E-state index < -0.39 is 17.9 Å². The number of nitrogens with zero attached hydrogens (tertiary/aromatic N) is 1. The van der Waals surface area contributed by atoms with E-state index in [0.29, 0.717) is 6.54 Å². The number of aliphatic carboxylic acids is 2. The van der Waals surface area contributed by atoms with Crippen LogP contribution in [0, 0.1) is 11.8 Å². The van der Waals surface area contributed by atoms with E-state index in [1.54, 1.807) is 0 Å². The first kappa shape index (κ1) is 15.0. The highest BCUT2D eigenvalue weighted by molar-refractivity contribution is 5.77. The van der Waals surface area contributed by atoms with Crippen molar-refractivity contribution in [3.63, 3.8) is 0 Å². The standard InChI is InChI=1S/C13H23NO4/c1-14(7-6-10-4-2-3-5-10)9-11(13(17)18)8-12(15)16/h10-11H,2-9H2,1H3,(H,15,16)(H,17,18). The first-order valence-corrected chi connectivity index (χ1v) is 6.62. The first-order valence-electron chi connectivity index (χ1n) is 6.62. The van der Waals surface area contributed by atoms with Gasteiger partial charge in [-0.1, -0.05) is 25.7 Å². The summed E-state index contributed by atoms with van der Waals surface area (Å²) in [5, 5.41) is 17.6. The lowest BCUT2D eigenvalue weighted by Gasteiger charge is -2.21. The van der Waals surface area contributed by atoms with E-state index in [1.807, 2.05) is 11.9 Å². The largest absolute Gasteiger partial charge is 0.481 e. The fourth-order valence-corrected chi connectivity index (χ4v) is 2.61.